The maximum atomic E-state index is 5.29. The van der Waals surface area contributed by atoms with E-state index in [4.69, 9.17) is 4.74 Å². The Labute approximate surface area is 85.4 Å². The third kappa shape index (κ3) is 2.06. The van der Waals surface area contributed by atoms with Crippen molar-refractivity contribution in [2.24, 2.45) is 10.9 Å². The summed E-state index contributed by atoms with van der Waals surface area (Å²) in [6, 6.07) is 0. The Kier molecular flexibility index (Phi) is 3.02. The molecule has 1 heterocycles. The van der Waals surface area contributed by atoms with Gasteiger partial charge < -0.3 is 4.74 Å². The van der Waals surface area contributed by atoms with Gasteiger partial charge in [-0.2, -0.15) is 0 Å². The molecule has 0 saturated carbocycles. The molecule has 14 heavy (non-hydrogen) atoms. The highest BCUT2D eigenvalue weighted by Gasteiger charge is 2.18. The third-order valence-electron chi connectivity index (χ3n) is 2.85. The van der Waals surface area contributed by atoms with Crippen molar-refractivity contribution < 1.29 is 4.74 Å². The number of aliphatic imine (C=N–C) groups is 1. The lowest BCUT2D eigenvalue weighted by molar-refractivity contribution is 0.263. The molecule has 0 saturated heterocycles. The molecular formula is C12H17NO. The van der Waals surface area contributed by atoms with E-state index in [9.17, 15) is 0 Å². The van der Waals surface area contributed by atoms with Crippen LogP contribution in [0.15, 0.2) is 29.0 Å². The van der Waals surface area contributed by atoms with E-state index < -0.39 is 0 Å². The molecule has 1 unspecified atom stereocenters. The number of rotatable bonds is 2. The monoisotopic (exact) mass is 191 g/mol. The molecule has 2 heteroatoms. The van der Waals surface area contributed by atoms with E-state index in [-0.39, 0.29) is 0 Å². The molecule has 0 aromatic carbocycles. The number of methoxy groups -OCH3 is 1. The summed E-state index contributed by atoms with van der Waals surface area (Å²) in [6.45, 7) is 0.957. The van der Waals surface area contributed by atoms with Gasteiger partial charge in [0.15, 0.2) is 0 Å². The van der Waals surface area contributed by atoms with Crippen molar-refractivity contribution in [3.05, 3.63) is 24.0 Å². The number of dihydropyridines is 1. The van der Waals surface area contributed by atoms with Crippen LogP contribution in [0.4, 0.5) is 0 Å². The van der Waals surface area contributed by atoms with Gasteiger partial charge in [-0.15, -0.1) is 0 Å². The molecule has 0 bridgehead atoms. The molecule has 1 aliphatic carbocycles. The van der Waals surface area contributed by atoms with E-state index in [1.165, 1.54) is 18.6 Å². The molecule has 0 aromatic heterocycles. The first-order chi connectivity index (χ1) is 6.90. The van der Waals surface area contributed by atoms with Crippen LogP contribution >= 0.6 is 0 Å². The van der Waals surface area contributed by atoms with E-state index >= 15 is 0 Å². The van der Waals surface area contributed by atoms with Crippen molar-refractivity contribution in [2.75, 3.05) is 13.7 Å². The predicted octanol–water partition coefficient (Wildman–Crippen LogP) is 2.72. The maximum absolute atomic E-state index is 5.29. The van der Waals surface area contributed by atoms with Gasteiger partial charge in [-0.05, 0) is 31.4 Å². The fraction of sp³-hybridized carbons (Fsp3) is 0.583. The zero-order chi connectivity index (χ0) is 9.80. The van der Waals surface area contributed by atoms with E-state index in [2.05, 4.69) is 23.2 Å². The minimum atomic E-state index is 0.496. The van der Waals surface area contributed by atoms with Gasteiger partial charge in [-0.25, -0.2) is 0 Å². The molecule has 76 valence electrons. The highest BCUT2D eigenvalue weighted by Crippen LogP contribution is 2.25. The quantitative estimate of drug-likeness (QED) is 0.657. The SMILES string of the molecule is COC1=CC(C2=NCCC=C2)CCC1. The summed E-state index contributed by atoms with van der Waals surface area (Å²) < 4.78 is 5.29. The van der Waals surface area contributed by atoms with Gasteiger partial charge in [-0.3, -0.25) is 4.99 Å². The van der Waals surface area contributed by atoms with Crippen LogP contribution in [-0.4, -0.2) is 19.4 Å². The maximum Gasteiger partial charge on any atom is 0.0922 e. The van der Waals surface area contributed by atoms with E-state index in [1.807, 2.05) is 0 Å². The normalized spacial score (nSPS) is 26.8. The van der Waals surface area contributed by atoms with Gasteiger partial charge in [0.25, 0.3) is 0 Å². The van der Waals surface area contributed by atoms with Crippen LogP contribution in [0.5, 0.6) is 0 Å². The zero-order valence-corrected chi connectivity index (χ0v) is 8.70. The van der Waals surface area contributed by atoms with Crippen LogP contribution in [0.1, 0.15) is 25.7 Å². The third-order valence-corrected chi connectivity index (χ3v) is 2.85. The first kappa shape index (κ1) is 9.50. The van der Waals surface area contributed by atoms with Gasteiger partial charge in [0.05, 0.1) is 12.9 Å². The molecule has 0 aromatic rings. The second-order valence-corrected chi connectivity index (χ2v) is 3.83. The highest BCUT2D eigenvalue weighted by atomic mass is 16.5. The van der Waals surface area contributed by atoms with Crippen molar-refractivity contribution in [3.63, 3.8) is 0 Å². The van der Waals surface area contributed by atoms with Crippen molar-refractivity contribution >= 4 is 5.71 Å². The number of allylic oxidation sites excluding steroid dienone is 3. The van der Waals surface area contributed by atoms with Crippen molar-refractivity contribution in [1.29, 1.82) is 0 Å². The zero-order valence-electron chi connectivity index (χ0n) is 8.70. The highest BCUT2D eigenvalue weighted by molar-refractivity contribution is 5.98. The van der Waals surface area contributed by atoms with Gasteiger partial charge in [-0.1, -0.05) is 6.08 Å². The number of hydrogen-bond donors (Lipinski definition) is 0. The minimum absolute atomic E-state index is 0.496. The first-order valence-electron chi connectivity index (χ1n) is 5.35. The van der Waals surface area contributed by atoms with Crippen LogP contribution in [0.25, 0.3) is 0 Å². The van der Waals surface area contributed by atoms with Crippen molar-refractivity contribution in [3.8, 4) is 0 Å². The van der Waals surface area contributed by atoms with Crippen molar-refractivity contribution in [2.45, 2.75) is 25.7 Å². The molecule has 0 N–H and O–H groups in total. The second-order valence-electron chi connectivity index (χ2n) is 3.83. The topological polar surface area (TPSA) is 21.6 Å². The second kappa shape index (κ2) is 4.45. The van der Waals surface area contributed by atoms with Crippen LogP contribution in [0, 0.1) is 5.92 Å². The number of ether oxygens (including phenoxy) is 1. The Morgan fingerprint density at radius 3 is 3.14 bits per heavy atom. The summed E-state index contributed by atoms with van der Waals surface area (Å²) in [7, 11) is 1.76. The molecule has 0 amide bonds. The van der Waals surface area contributed by atoms with E-state index in [0.29, 0.717) is 5.92 Å². The van der Waals surface area contributed by atoms with Gasteiger partial charge in [0.2, 0.25) is 0 Å². The van der Waals surface area contributed by atoms with Gasteiger partial charge in [0, 0.05) is 24.6 Å². The largest absolute Gasteiger partial charge is 0.501 e. The molecule has 2 rings (SSSR count). The lowest BCUT2D eigenvalue weighted by Crippen LogP contribution is -2.16. The van der Waals surface area contributed by atoms with Crippen LogP contribution in [0.3, 0.4) is 0 Å². The fourth-order valence-electron chi connectivity index (χ4n) is 2.06. The Balaban J connectivity index is 2.10. The smallest absolute Gasteiger partial charge is 0.0922 e. The number of hydrogen-bond acceptors (Lipinski definition) is 2. The van der Waals surface area contributed by atoms with Crippen LogP contribution in [-0.2, 0) is 4.74 Å². The van der Waals surface area contributed by atoms with Crippen LogP contribution < -0.4 is 0 Å². The summed E-state index contributed by atoms with van der Waals surface area (Å²) in [4.78, 5) is 4.55. The molecule has 1 atom stereocenters. The summed E-state index contributed by atoms with van der Waals surface area (Å²) in [5, 5.41) is 0. The summed E-state index contributed by atoms with van der Waals surface area (Å²) in [5.41, 5.74) is 1.24. The molecule has 0 spiro atoms. The van der Waals surface area contributed by atoms with Gasteiger partial charge >= 0.3 is 0 Å². The molecule has 1 aliphatic heterocycles. The Morgan fingerprint density at radius 1 is 1.50 bits per heavy atom. The summed E-state index contributed by atoms with van der Waals surface area (Å²) in [5.74, 6) is 1.62. The van der Waals surface area contributed by atoms with Gasteiger partial charge in [0.1, 0.15) is 0 Å². The lowest BCUT2D eigenvalue weighted by Gasteiger charge is -2.21. The summed E-state index contributed by atoms with van der Waals surface area (Å²) >= 11 is 0. The standard InChI is InChI=1S/C12H17NO/c1-14-11-6-4-5-10(9-11)12-7-2-3-8-13-12/h2,7,9-10H,3-6,8H2,1H3. The first-order valence-corrected chi connectivity index (χ1v) is 5.35. The molecule has 2 nitrogen and oxygen atoms in total. The predicted molar refractivity (Wildman–Crippen MR) is 58.5 cm³/mol. The number of nitrogens with zero attached hydrogens (tertiary/aromatic N) is 1. The van der Waals surface area contributed by atoms with E-state index in [0.717, 1.165) is 25.1 Å². The van der Waals surface area contributed by atoms with Crippen LogP contribution in [0.2, 0.25) is 0 Å². The minimum Gasteiger partial charge on any atom is -0.501 e. The lowest BCUT2D eigenvalue weighted by atomic mass is 9.89. The fourth-order valence-corrected chi connectivity index (χ4v) is 2.06. The Morgan fingerprint density at radius 2 is 2.43 bits per heavy atom. The average Bonchev–Trinajstić information content (AvgIpc) is 2.30. The summed E-state index contributed by atoms with van der Waals surface area (Å²) in [6.07, 6.45) is 11.2. The molecule has 0 radical (unpaired) electrons. The molecular weight excluding hydrogens is 174 g/mol. The van der Waals surface area contributed by atoms with E-state index in [1.54, 1.807) is 7.11 Å². The Bertz CT molecular complexity index is 289. The Hall–Kier alpha value is -1.05. The molecule has 2 aliphatic rings. The molecule has 0 fully saturated rings. The van der Waals surface area contributed by atoms with Crippen molar-refractivity contribution in [1.82, 2.24) is 0 Å². The average molecular weight is 191 g/mol.